The van der Waals surface area contributed by atoms with Crippen molar-refractivity contribution in [1.82, 2.24) is 15.2 Å². The first-order valence-corrected chi connectivity index (χ1v) is 12.1. The number of likely N-dealkylation sites (tertiary alicyclic amines) is 1. The van der Waals surface area contributed by atoms with Crippen LogP contribution >= 0.6 is 11.6 Å². The number of nitrogens with one attached hydrogen (secondary N) is 1. The maximum atomic E-state index is 14.0. The molecule has 1 aromatic heterocycles. The predicted octanol–water partition coefficient (Wildman–Crippen LogP) is 5.52. The first-order chi connectivity index (χ1) is 16.9. The van der Waals surface area contributed by atoms with E-state index in [2.05, 4.69) is 10.3 Å². The standard InChI is InChI=1S/C27H26ClFN4O2/c1-18(20-4-3-13-30-17-20)31-26(35)32-14-11-27(12-15-32)24(19-7-9-21(28)10-8-19)33(25(27)34)23-6-2-5-22(29)16-23/h2-10,13,16-18,24H,11-12,14-15H2,1H3,(H,31,35). The van der Waals surface area contributed by atoms with E-state index in [1.807, 2.05) is 31.2 Å². The van der Waals surface area contributed by atoms with Crippen molar-refractivity contribution < 1.29 is 14.0 Å². The molecule has 5 rings (SSSR count). The van der Waals surface area contributed by atoms with Crippen LogP contribution in [0.1, 0.15) is 43.0 Å². The van der Waals surface area contributed by atoms with Gasteiger partial charge < -0.3 is 15.1 Å². The molecule has 6 nitrogen and oxygen atoms in total. The summed E-state index contributed by atoms with van der Waals surface area (Å²) in [5, 5.41) is 3.64. The first kappa shape index (κ1) is 23.3. The lowest BCUT2D eigenvalue weighted by Gasteiger charge is -2.59. The van der Waals surface area contributed by atoms with Crippen molar-refractivity contribution in [2.45, 2.75) is 31.8 Å². The molecular formula is C27H26ClFN4O2. The molecule has 8 heteroatoms. The first-order valence-electron chi connectivity index (χ1n) is 11.7. The number of aromatic nitrogens is 1. The summed E-state index contributed by atoms with van der Waals surface area (Å²) in [7, 11) is 0. The van der Waals surface area contributed by atoms with E-state index in [0.29, 0.717) is 36.6 Å². The Morgan fingerprint density at radius 3 is 2.54 bits per heavy atom. The lowest BCUT2D eigenvalue weighted by atomic mass is 9.62. The highest BCUT2D eigenvalue weighted by atomic mass is 35.5. The van der Waals surface area contributed by atoms with Crippen molar-refractivity contribution in [2.75, 3.05) is 18.0 Å². The summed E-state index contributed by atoms with van der Waals surface area (Å²) in [5.41, 5.74) is 1.76. The lowest BCUT2D eigenvalue weighted by Crippen LogP contribution is -2.67. The summed E-state index contributed by atoms with van der Waals surface area (Å²) >= 11 is 6.11. The van der Waals surface area contributed by atoms with Crippen molar-refractivity contribution in [1.29, 1.82) is 0 Å². The van der Waals surface area contributed by atoms with Gasteiger partial charge in [0, 0.05) is 36.2 Å². The van der Waals surface area contributed by atoms with Crippen LogP contribution in [0.25, 0.3) is 0 Å². The molecule has 0 bridgehead atoms. The summed E-state index contributed by atoms with van der Waals surface area (Å²) in [6, 6.07) is 16.7. The molecule has 3 aromatic rings. The average molecular weight is 493 g/mol. The Kier molecular flexibility index (Phi) is 6.19. The van der Waals surface area contributed by atoms with E-state index in [1.165, 1.54) is 12.1 Å². The van der Waals surface area contributed by atoms with Crippen LogP contribution in [0.3, 0.4) is 0 Å². The van der Waals surface area contributed by atoms with Gasteiger partial charge in [0.15, 0.2) is 0 Å². The van der Waals surface area contributed by atoms with Crippen molar-refractivity contribution >= 4 is 29.2 Å². The number of carbonyl (C=O) groups is 2. The molecule has 2 unspecified atom stereocenters. The molecular weight excluding hydrogens is 467 g/mol. The highest BCUT2D eigenvalue weighted by Gasteiger charge is 2.62. The minimum atomic E-state index is -0.647. The summed E-state index contributed by atoms with van der Waals surface area (Å²) in [4.78, 5) is 34.1. The molecule has 2 fully saturated rings. The number of nitrogens with zero attached hydrogens (tertiary/aromatic N) is 3. The number of pyridine rings is 1. The zero-order valence-corrected chi connectivity index (χ0v) is 20.1. The summed E-state index contributed by atoms with van der Waals surface area (Å²) in [6.07, 6.45) is 4.49. The predicted molar refractivity (Wildman–Crippen MR) is 133 cm³/mol. The molecule has 0 saturated carbocycles. The zero-order chi connectivity index (χ0) is 24.6. The minimum absolute atomic E-state index is 0.0353. The maximum absolute atomic E-state index is 14.0. The Hall–Kier alpha value is -3.45. The zero-order valence-electron chi connectivity index (χ0n) is 19.3. The summed E-state index contributed by atoms with van der Waals surface area (Å²) < 4.78 is 14.0. The summed E-state index contributed by atoms with van der Waals surface area (Å²) in [6.45, 7) is 2.83. The minimum Gasteiger partial charge on any atom is -0.331 e. The van der Waals surface area contributed by atoms with Gasteiger partial charge in [0.1, 0.15) is 5.82 Å². The fraction of sp³-hybridized carbons (Fsp3) is 0.296. The molecule has 2 aromatic carbocycles. The molecule has 3 heterocycles. The van der Waals surface area contributed by atoms with Gasteiger partial charge in [0.05, 0.1) is 17.5 Å². The van der Waals surface area contributed by atoms with Crippen molar-refractivity contribution in [3.63, 3.8) is 0 Å². The van der Waals surface area contributed by atoms with Gasteiger partial charge in [0.25, 0.3) is 0 Å². The number of urea groups is 1. The van der Waals surface area contributed by atoms with E-state index in [-0.39, 0.29) is 29.8 Å². The molecule has 1 spiro atoms. The number of β-lactam (4-membered cyclic amide) rings is 1. The largest absolute Gasteiger partial charge is 0.331 e. The second kappa shape index (κ2) is 9.30. The fourth-order valence-corrected chi connectivity index (χ4v) is 5.37. The second-order valence-corrected chi connectivity index (χ2v) is 9.65. The molecule has 2 atom stereocenters. The smallest absolute Gasteiger partial charge is 0.317 e. The summed E-state index contributed by atoms with van der Waals surface area (Å²) in [5.74, 6) is -0.424. The molecule has 1 N–H and O–H groups in total. The number of hydrogen-bond donors (Lipinski definition) is 1. The van der Waals surface area contributed by atoms with E-state index in [4.69, 9.17) is 11.6 Å². The second-order valence-electron chi connectivity index (χ2n) is 9.21. The molecule has 0 radical (unpaired) electrons. The Labute approximate surface area is 208 Å². The van der Waals surface area contributed by atoms with Crippen LogP contribution in [0.2, 0.25) is 5.02 Å². The van der Waals surface area contributed by atoms with Gasteiger partial charge in [-0.1, -0.05) is 35.9 Å². The highest BCUT2D eigenvalue weighted by Crippen LogP contribution is 2.57. The maximum Gasteiger partial charge on any atom is 0.317 e. The van der Waals surface area contributed by atoms with Gasteiger partial charge in [-0.05, 0) is 67.3 Å². The van der Waals surface area contributed by atoms with E-state index < -0.39 is 5.41 Å². The molecule has 2 aliphatic heterocycles. The Morgan fingerprint density at radius 2 is 1.89 bits per heavy atom. The van der Waals surface area contributed by atoms with E-state index in [1.54, 1.807) is 46.5 Å². The molecule has 3 amide bonds. The number of hydrogen-bond acceptors (Lipinski definition) is 3. The lowest BCUT2D eigenvalue weighted by molar-refractivity contribution is -0.144. The molecule has 35 heavy (non-hydrogen) atoms. The number of amides is 3. The quantitative estimate of drug-likeness (QED) is 0.488. The van der Waals surface area contributed by atoms with Gasteiger partial charge in [-0.25, -0.2) is 9.18 Å². The highest BCUT2D eigenvalue weighted by molar-refractivity contribution is 6.30. The third-order valence-electron chi connectivity index (χ3n) is 7.17. The Balaban J connectivity index is 1.35. The average Bonchev–Trinajstić information content (AvgIpc) is 2.88. The van der Waals surface area contributed by atoms with E-state index >= 15 is 0 Å². The van der Waals surface area contributed by atoms with Gasteiger partial charge in [0.2, 0.25) is 5.91 Å². The van der Waals surface area contributed by atoms with Gasteiger partial charge in [-0.3, -0.25) is 9.78 Å². The number of piperidine rings is 1. The van der Waals surface area contributed by atoms with Gasteiger partial charge in [-0.2, -0.15) is 0 Å². The molecule has 2 aliphatic rings. The number of rotatable bonds is 4. The Bertz CT molecular complexity index is 1230. The number of anilines is 1. The normalized spacial score (nSPS) is 19.9. The number of halogens is 2. The topological polar surface area (TPSA) is 65.5 Å². The van der Waals surface area contributed by atoms with Gasteiger partial charge >= 0.3 is 6.03 Å². The van der Waals surface area contributed by atoms with Crippen molar-refractivity contribution in [3.05, 3.63) is 95.0 Å². The third-order valence-corrected chi connectivity index (χ3v) is 7.42. The monoisotopic (exact) mass is 492 g/mol. The van der Waals surface area contributed by atoms with E-state index in [9.17, 15) is 14.0 Å². The van der Waals surface area contributed by atoms with Crippen LogP contribution in [0.4, 0.5) is 14.9 Å². The third kappa shape index (κ3) is 4.25. The molecule has 0 aliphatic carbocycles. The number of benzene rings is 2. The molecule has 2 saturated heterocycles. The van der Waals surface area contributed by atoms with Crippen LogP contribution in [-0.2, 0) is 4.79 Å². The molecule has 180 valence electrons. The van der Waals surface area contributed by atoms with Crippen LogP contribution in [0.15, 0.2) is 73.1 Å². The number of carbonyl (C=O) groups excluding carboxylic acids is 2. The van der Waals surface area contributed by atoms with Crippen LogP contribution in [0, 0.1) is 11.2 Å². The van der Waals surface area contributed by atoms with Gasteiger partial charge in [-0.15, -0.1) is 0 Å². The van der Waals surface area contributed by atoms with Crippen molar-refractivity contribution in [2.24, 2.45) is 5.41 Å². The van der Waals surface area contributed by atoms with Crippen LogP contribution in [-0.4, -0.2) is 34.9 Å². The van der Waals surface area contributed by atoms with Crippen LogP contribution in [0.5, 0.6) is 0 Å². The SMILES string of the molecule is CC(NC(=O)N1CCC2(CC1)C(=O)N(c1cccc(F)c1)C2c1ccc(Cl)cc1)c1cccnc1. The fourth-order valence-electron chi connectivity index (χ4n) is 5.25. The Morgan fingerprint density at radius 1 is 1.14 bits per heavy atom. The van der Waals surface area contributed by atoms with Crippen LogP contribution < -0.4 is 10.2 Å². The van der Waals surface area contributed by atoms with E-state index in [0.717, 1.165) is 11.1 Å². The van der Waals surface area contributed by atoms with Crippen molar-refractivity contribution in [3.8, 4) is 0 Å².